The van der Waals surface area contributed by atoms with Gasteiger partial charge in [-0.15, -0.1) is 0 Å². The van der Waals surface area contributed by atoms with Crippen LogP contribution in [0.3, 0.4) is 0 Å². The molecule has 1 saturated carbocycles. The molecule has 7 rings (SSSR count). The molecule has 2 heterocycles. The standard InChI is InChI=1S/C36H38NO/c1-22-25-15-9-10-16-27(25)29(21-36(2,3)4)35-31(22)34-33-28(18-19-37(34)5)32-24(20-30(33)38-35)14-11-17-26(32)23-12-7-6-8-13-23/h9-11,14-20,23H,6-8,12-13,21H2,1-5H3/q+1. The maximum absolute atomic E-state index is 7.05. The predicted molar refractivity (Wildman–Crippen MR) is 159 cm³/mol. The smallest absolute Gasteiger partial charge is 0.228 e. The van der Waals surface area contributed by atoms with Gasteiger partial charge in [0.1, 0.15) is 18.5 Å². The minimum Gasteiger partial charge on any atom is -0.455 e. The van der Waals surface area contributed by atoms with Crippen molar-refractivity contribution in [3.8, 4) is 22.8 Å². The van der Waals surface area contributed by atoms with Gasteiger partial charge in [-0.3, -0.25) is 0 Å². The Morgan fingerprint density at radius 1 is 0.868 bits per heavy atom. The number of rotatable bonds is 2. The number of pyridine rings is 1. The minimum atomic E-state index is 0.141. The molecule has 2 heteroatoms. The van der Waals surface area contributed by atoms with Crippen molar-refractivity contribution in [2.75, 3.05) is 0 Å². The highest BCUT2D eigenvalue weighted by atomic mass is 16.5. The third-order valence-electron chi connectivity index (χ3n) is 8.99. The van der Waals surface area contributed by atoms with Crippen molar-refractivity contribution < 1.29 is 9.30 Å². The van der Waals surface area contributed by atoms with E-state index in [2.05, 4.69) is 100 Å². The van der Waals surface area contributed by atoms with E-state index in [-0.39, 0.29) is 5.41 Å². The van der Waals surface area contributed by atoms with E-state index in [1.54, 1.807) is 0 Å². The molecule has 0 atom stereocenters. The number of aromatic nitrogens is 1. The Bertz CT molecular complexity index is 1750. The first-order chi connectivity index (χ1) is 18.3. The topological polar surface area (TPSA) is 13.1 Å². The van der Waals surface area contributed by atoms with E-state index in [1.165, 1.54) is 92.4 Å². The van der Waals surface area contributed by atoms with Crippen LogP contribution in [0.1, 0.15) is 75.5 Å². The molecule has 1 aliphatic heterocycles. The first-order valence-corrected chi connectivity index (χ1v) is 14.4. The van der Waals surface area contributed by atoms with E-state index in [0.717, 1.165) is 17.9 Å². The van der Waals surface area contributed by atoms with Gasteiger partial charge in [-0.05, 0) is 76.3 Å². The average Bonchev–Trinajstić information content (AvgIpc) is 2.91. The molecule has 2 aliphatic rings. The molecule has 0 N–H and O–H groups in total. The van der Waals surface area contributed by atoms with Crippen molar-refractivity contribution in [3.05, 3.63) is 77.5 Å². The SMILES string of the molecule is Cc1c2c(c(CC(C)(C)C)c3ccccc13)Oc1cc3cccc(C4CCCCC4)c3c3cc[n+](C)c-2c13. The lowest BCUT2D eigenvalue weighted by molar-refractivity contribution is -0.659. The fourth-order valence-corrected chi connectivity index (χ4v) is 7.34. The fourth-order valence-electron chi connectivity index (χ4n) is 7.34. The predicted octanol–water partition coefficient (Wildman–Crippen LogP) is 9.69. The zero-order valence-corrected chi connectivity index (χ0v) is 23.4. The van der Waals surface area contributed by atoms with Gasteiger partial charge in [-0.2, -0.15) is 0 Å². The summed E-state index contributed by atoms with van der Waals surface area (Å²) in [6, 6.07) is 20.5. The van der Waals surface area contributed by atoms with E-state index < -0.39 is 0 Å². The highest BCUT2D eigenvalue weighted by Gasteiger charge is 2.34. The van der Waals surface area contributed by atoms with Crippen molar-refractivity contribution in [1.29, 1.82) is 0 Å². The summed E-state index contributed by atoms with van der Waals surface area (Å²) < 4.78 is 9.37. The van der Waals surface area contributed by atoms with Crippen LogP contribution in [0.25, 0.3) is 43.6 Å². The number of ether oxygens (including phenoxy) is 1. The monoisotopic (exact) mass is 500 g/mol. The zero-order valence-electron chi connectivity index (χ0n) is 23.4. The third-order valence-corrected chi connectivity index (χ3v) is 8.99. The van der Waals surface area contributed by atoms with Crippen LogP contribution in [0.15, 0.2) is 60.8 Å². The Morgan fingerprint density at radius 3 is 2.39 bits per heavy atom. The molecule has 1 fully saturated rings. The van der Waals surface area contributed by atoms with E-state index in [0.29, 0.717) is 5.92 Å². The van der Waals surface area contributed by atoms with Gasteiger partial charge in [0.25, 0.3) is 0 Å². The molecule has 192 valence electrons. The summed E-state index contributed by atoms with van der Waals surface area (Å²) in [6.07, 6.45) is 9.90. The maximum Gasteiger partial charge on any atom is 0.228 e. The Kier molecular flexibility index (Phi) is 5.34. The van der Waals surface area contributed by atoms with Crippen LogP contribution in [0.4, 0.5) is 0 Å². The van der Waals surface area contributed by atoms with Crippen LogP contribution >= 0.6 is 0 Å². The summed E-state index contributed by atoms with van der Waals surface area (Å²) in [5.74, 6) is 2.70. The molecule has 0 bridgehead atoms. The number of fused-ring (bicyclic) bond motifs is 5. The van der Waals surface area contributed by atoms with Gasteiger partial charge in [-0.1, -0.05) is 82.5 Å². The molecule has 1 aliphatic carbocycles. The molecule has 2 nitrogen and oxygen atoms in total. The number of aryl methyl sites for hydroxylation is 2. The van der Waals surface area contributed by atoms with Gasteiger partial charge in [0.2, 0.25) is 5.69 Å². The summed E-state index contributed by atoms with van der Waals surface area (Å²) in [6.45, 7) is 9.26. The van der Waals surface area contributed by atoms with Crippen LogP contribution < -0.4 is 9.30 Å². The molecule has 1 aromatic heterocycles. The Hall–Kier alpha value is -3.39. The molecule has 5 aromatic rings. The minimum absolute atomic E-state index is 0.141. The lowest BCUT2D eigenvalue weighted by Gasteiger charge is -2.29. The first-order valence-electron chi connectivity index (χ1n) is 14.4. The number of hydrogen-bond donors (Lipinski definition) is 0. The van der Waals surface area contributed by atoms with E-state index in [1.807, 2.05) is 0 Å². The highest BCUT2D eigenvalue weighted by Crippen LogP contribution is 2.53. The van der Waals surface area contributed by atoms with Gasteiger partial charge >= 0.3 is 0 Å². The van der Waals surface area contributed by atoms with Crippen molar-refractivity contribution >= 4 is 32.3 Å². The summed E-state index contributed by atoms with van der Waals surface area (Å²) >= 11 is 0. The van der Waals surface area contributed by atoms with E-state index in [9.17, 15) is 0 Å². The van der Waals surface area contributed by atoms with Crippen molar-refractivity contribution in [2.45, 2.75) is 72.1 Å². The molecular weight excluding hydrogens is 462 g/mol. The average molecular weight is 501 g/mol. The second-order valence-electron chi connectivity index (χ2n) is 12.9. The summed E-state index contributed by atoms with van der Waals surface area (Å²) in [7, 11) is 2.20. The molecule has 4 aromatic carbocycles. The summed E-state index contributed by atoms with van der Waals surface area (Å²) in [5, 5.41) is 7.98. The first kappa shape index (κ1) is 23.7. The highest BCUT2D eigenvalue weighted by molar-refractivity contribution is 6.17. The van der Waals surface area contributed by atoms with Gasteiger partial charge in [0.15, 0.2) is 6.20 Å². The zero-order chi connectivity index (χ0) is 26.2. The molecule has 0 unspecified atom stereocenters. The Morgan fingerprint density at radius 2 is 1.63 bits per heavy atom. The van der Waals surface area contributed by atoms with Crippen molar-refractivity contribution in [3.63, 3.8) is 0 Å². The second-order valence-corrected chi connectivity index (χ2v) is 12.9. The lowest BCUT2D eigenvalue weighted by atomic mass is 9.80. The van der Waals surface area contributed by atoms with Crippen molar-refractivity contribution in [1.82, 2.24) is 0 Å². The van der Waals surface area contributed by atoms with Crippen LogP contribution in [0, 0.1) is 12.3 Å². The number of nitrogens with zero attached hydrogens (tertiary/aromatic N) is 1. The molecule has 0 radical (unpaired) electrons. The maximum atomic E-state index is 7.05. The summed E-state index contributed by atoms with van der Waals surface area (Å²) in [4.78, 5) is 0. The van der Waals surface area contributed by atoms with Crippen LogP contribution in [-0.2, 0) is 13.5 Å². The number of benzene rings is 4. The van der Waals surface area contributed by atoms with Gasteiger partial charge < -0.3 is 4.74 Å². The number of hydrogen-bond acceptors (Lipinski definition) is 1. The van der Waals surface area contributed by atoms with Crippen LogP contribution in [-0.4, -0.2) is 0 Å². The molecular formula is C36H38NO+. The van der Waals surface area contributed by atoms with E-state index >= 15 is 0 Å². The third kappa shape index (κ3) is 3.56. The quantitative estimate of drug-likeness (QED) is 0.170. The Balaban J connectivity index is 1.60. The molecule has 38 heavy (non-hydrogen) atoms. The second kappa shape index (κ2) is 8.56. The lowest BCUT2D eigenvalue weighted by Crippen LogP contribution is -2.32. The van der Waals surface area contributed by atoms with Crippen LogP contribution in [0.2, 0.25) is 0 Å². The van der Waals surface area contributed by atoms with Crippen molar-refractivity contribution in [2.24, 2.45) is 12.5 Å². The van der Waals surface area contributed by atoms with Gasteiger partial charge in [0, 0.05) is 17.0 Å². The van der Waals surface area contributed by atoms with E-state index in [4.69, 9.17) is 4.74 Å². The van der Waals surface area contributed by atoms with Crippen LogP contribution in [0.5, 0.6) is 11.5 Å². The largest absolute Gasteiger partial charge is 0.455 e. The summed E-state index contributed by atoms with van der Waals surface area (Å²) in [5.41, 5.74) is 6.86. The molecule has 0 spiro atoms. The van der Waals surface area contributed by atoms with Gasteiger partial charge in [-0.25, -0.2) is 4.57 Å². The normalized spacial score (nSPS) is 15.7. The Labute approximate surface area is 226 Å². The fraction of sp³-hybridized carbons (Fsp3) is 0.361. The van der Waals surface area contributed by atoms with Gasteiger partial charge in [0.05, 0.1) is 10.9 Å². The molecule has 0 saturated heterocycles. The molecule has 0 amide bonds.